The van der Waals surface area contributed by atoms with Crippen molar-refractivity contribution in [1.29, 1.82) is 0 Å². The second kappa shape index (κ2) is 6.16. The number of carbonyl (C=O) groups is 1. The van der Waals surface area contributed by atoms with E-state index in [1.165, 1.54) is 11.5 Å². The summed E-state index contributed by atoms with van der Waals surface area (Å²) in [6, 6.07) is -0.0744. The molecule has 0 unspecified atom stereocenters. The molecular weight excluding hydrogens is 324 g/mol. The monoisotopic (exact) mass is 348 g/mol. The van der Waals surface area contributed by atoms with Crippen LogP contribution >= 0.6 is 11.5 Å². The minimum Gasteiger partial charge on any atom is -0.355 e. The summed E-state index contributed by atoms with van der Waals surface area (Å²) in [6.45, 7) is 8.19. The molecule has 0 aliphatic carbocycles. The fourth-order valence-corrected chi connectivity index (χ4v) is 4.07. The Morgan fingerprint density at radius 3 is 2.54 bits per heavy atom. The summed E-state index contributed by atoms with van der Waals surface area (Å²) in [7, 11) is 3.80. The Morgan fingerprint density at radius 1 is 1.29 bits per heavy atom. The average molecular weight is 348 g/mol. The molecule has 3 rings (SSSR count). The van der Waals surface area contributed by atoms with Crippen LogP contribution in [0.15, 0.2) is 0 Å². The number of likely N-dealkylation sites (N-methyl/N-ethyl adjacent to an activating group) is 1. The fraction of sp³-hybridized carbons (Fsp3) is 0.625. The Morgan fingerprint density at radius 2 is 2.00 bits per heavy atom. The largest absolute Gasteiger partial charge is 0.355 e. The maximum absolute atomic E-state index is 12.3. The Kier molecular flexibility index (Phi) is 4.33. The van der Waals surface area contributed by atoms with Gasteiger partial charge in [-0.05, 0) is 13.8 Å². The van der Waals surface area contributed by atoms with Gasteiger partial charge < -0.3 is 10.2 Å². The number of aryl methyl sites for hydroxylation is 2. The van der Waals surface area contributed by atoms with Crippen LogP contribution in [-0.2, 0) is 11.8 Å². The van der Waals surface area contributed by atoms with E-state index >= 15 is 0 Å². The van der Waals surface area contributed by atoms with E-state index in [9.17, 15) is 4.79 Å². The molecule has 1 fully saturated rings. The lowest BCUT2D eigenvalue weighted by molar-refractivity contribution is -0.127. The Hall–Kier alpha value is -1.96. The van der Waals surface area contributed by atoms with E-state index in [-0.39, 0.29) is 18.0 Å². The third-order valence-electron chi connectivity index (χ3n) is 4.71. The van der Waals surface area contributed by atoms with E-state index in [4.69, 9.17) is 0 Å². The van der Waals surface area contributed by atoms with Crippen LogP contribution in [0, 0.1) is 13.8 Å². The predicted octanol–water partition coefficient (Wildman–Crippen LogP) is 2.40. The highest BCUT2D eigenvalue weighted by Gasteiger charge is 2.41. The van der Waals surface area contributed by atoms with E-state index in [2.05, 4.69) is 33.6 Å². The van der Waals surface area contributed by atoms with Gasteiger partial charge in [0.05, 0.1) is 17.8 Å². The van der Waals surface area contributed by atoms with Crippen LogP contribution in [0.3, 0.4) is 0 Å². The second-order valence-electron chi connectivity index (χ2n) is 6.72. The SMILES string of the molecule is Cc1nn(C)c(C)c1[C@H]1[C@H](Nc2nc(C(C)C)ns2)CC(=O)N1C. The molecule has 1 amide bonds. The van der Waals surface area contributed by atoms with Gasteiger partial charge in [0.1, 0.15) is 5.82 Å². The Labute approximate surface area is 146 Å². The lowest BCUT2D eigenvalue weighted by Gasteiger charge is -2.26. The van der Waals surface area contributed by atoms with Gasteiger partial charge in [0.15, 0.2) is 0 Å². The first-order valence-corrected chi connectivity index (χ1v) is 8.92. The molecule has 1 saturated heterocycles. The number of anilines is 1. The molecule has 8 heteroatoms. The van der Waals surface area contributed by atoms with Crippen LogP contribution in [0.4, 0.5) is 5.13 Å². The van der Waals surface area contributed by atoms with Gasteiger partial charge in [-0.3, -0.25) is 9.48 Å². The third-order valence-corrected chi connectivity index (χ3v) is 5.37. The number of nitrogens with one attached hydrogen (secondary N) is 1. The van der Waals surface area contributed by atoms with Crippen molar-refractivity contribution in [1.82, 2.24) is 24.0 Å². The van der Waals surface area contributed by atoms with Crippen molar-refractivity contribution in [3.05, 3.63) is 22.8 Å². The summed E-state index contributed by atoms with van der Waals surface area (Å²) in [5, 5.41) is 8.72. The number of likely N-dealkylation sites (tertiary alicyclic amines) is 1. The van der Waals surface area contributed by atoms with Gasteiger partial charge in [0.25, 0.3) is 0 Å². The fourth-order valence-electron chi connectivity index (χ4n) is 3.30. The molecule has 2 aromatic rings. The molecule has 0 spiro atoms. The average Bonchev–Trinajstić information content (AvgIpc) is 3.14. The van der Waals surface area contributed by atoms with Crippen LogP contribution in [0.1, 0.15) is 55.0 Å². The standard InChI is InChI=1S/C16H24N6OS/c1-8(2)15-18-16(24-20-15)17-11-7-12(23)21(5)14(11)13-9(3)19-22(6)10(13)4/h8,11,14H,7H2,1-6H3,(H,17,18,20)/t11-,14-/m1/s1. The maximum Gasteiger partial charge on any atom is 0.225 e. The second-order valence-corrected chi connectivity index (χ2v) is 7.48. The normalized spacial score (nSPS) is 21.1. The molecule has 3 heterocycles. The molecule has 1 aliphatic heterocycles. The molecule has 0 saturated carbocycles. The van der Waals surface area contributed by atoms with Gasteiger partial charge >= 0.3 is 0 Å². The molecular formula is C16H24N6OS. The van der Waals surface area contributed by atoms with Crippen molar-refractivity contribution >= 4 is 22.6 Å². The zero-order valence-electron chi connectivity index (χ0n) is 15.0. The predicted molar refractivity (Wildman–Crippen MR) is 94.2 cm³/mol. The third kappa shape index (κ3) is 2.79. The van der Waals surface area contributed by atoms with Gasteiger partial charge in [-0.15, -0.1) is 0 Å². The topological polar surface area (TPSA) is 75.9 Å². The molecule has 1 N–H and O–H groups in total. The van der Waals surface area contributed by atoms with Crippen molar-refractivity contribution < 1.29 is 4.79 Å². The first-order chi connectivity index (χ1) is 11.3. The molecule has 7 nitrogen and oxygen atoms in total. The lowest BCUT2D eigenvalue weighted by Crippen LogP contribution is -2.30. The number of nitrogens with zero attached hydrogens (tertiary/aromatic N) is 5. The van der Waals surface area contributed by atoms with Gasteiger partial charge in [-0.1, -0.05) is 13.8 Å². The van der Waals surface area contributed by atoms with E-state index < -0.39 is 0 Å². The molecule has 0 bridgehead atoms. The molecule has 2 atom stereocenters. The minimum atomic E-state index is -0.0439. The van der Waals surface area contributed by atoms with Gasteiger partial charge in [0, 0.05) is 49.2 Å². The summed E-state index contributed by atoms with van der Waals surface area (Å²) in [5.41, 5.74) is 3.18. The summed E-state index contributed by atoms with van der Waals surface area (Å²) >= 11 is 1.36. The van der Waals surface area contributed by atoms with Crippen LogP contribution in [-0.4, -0.2) is 43.0 Å². The van der Waals surface area contributed by atoms with Crippen LogP contribution in [0.2, 0.25) is 0 Å². The first kappa shape index (κ1) is 16.9. The summed E-state index contributed by atoms with van der Waals surface area (Å²) < 4.78 is 6.26. The lowest BCUT2D eigenvalue weighted by atomic mass is 9.98. The number of aromatic nitrogens is 4. The number of hydrogen-bond donors (Lipinski definition) is 1. The summed E-state index contributed by atoms with van der Waals surface area (Å²) in [6.07, 6.45) is 0.450. The van der Waals surface area contributed by atoms with Crippen molar-refractivity contribution in [3.63, 3.8) is 0 Å². The van der Waals surface area contributed by atoms with Crippen molar-refractivity contribution in [2.24, 2.45) is 7.05 Å². The van der Waals surface area contributed by atoms with Crippen molar-refractivity contribution in [2.75, 3.05) is 12.4 Å². The Balaban J connectivity index is 1.92. The van der Waals surface area contributed by atoms with Crippen LogP contribution in [0.5, 0.6) is 0 Å². The molecule has 24 heavy (non-hydrogen) atoms. The number of rotatable bonds is 4. The van der Waals surface area contributed by atoms with Gasteiger partial charge in [-0.25, -0.2) is 4.98 Å². The number of amides is 1. The van der Waals surface area contributed by atoms with Gasteiger partial charge in [0.2, 0.25) is 11.0 Å². The highest BCUT2D eigenvalue weighted by molar-refractivity contribution is 7.09. The van der Waals surface area contributed by atoms with E-state index in [0.29, 0.717) is 12.3 Å². The smallest absolute Gasteiger partial charge is 0.225 e. The summed E-state index contributed by atoms with van der Waals surface area (Å²) in [4.78, 5) is 18.7. The minimum absolute atomic E-state index is 0.0305. The van der Waals surface area contributed by atoms with E-state index in [1.54, 1.807) is 0 Å². The zero-order chi connectivity index (χ0) is 17.6. The van der Waals surface area contributed by atoms with Gasteiger partial charge in [-0.2, -0.15) is 9.47 Å². The number of carbonyl (C=O) groups excluding carboxylic acids is 1. The first-order valence-electron chi connectivity index (χ1n) is 8.15. The quantitative estimate of drug-likeness (QED) is 0.918. The summed E-state index contributed by atoms with van der Waals surface area (Å²) in [5.74, 6) is 1.27. The number of hydrogen-bond acceptors (Lipinski definition) is 6. The highest BCUT2D eigenvalue weighted by Crippen LogP contribution is 2.37. The molecule has 0 radical (unpaired) electrons. The zero-order valence-corrected chi connectivity index (χ0v) is 15.8. The van der Waals surface area contributed by atoms with E-state index in [1.807, 2.05) is 37.5 Å². The van der Waals surface area contributed by atoms with Crippen LogP contribution in [0.25, 0.3) is 0 Å². The molecule has 0 aromatic carbocycles. The van der Waals surface area contributed by atoms with E-state index in [0.717, 1.165) is 27.9 Å². The highest BCUT2D eigenvalue weighted by atomic mass is 32.1. The maximum atomic E-state index is 12.3. The van der Waals surface area contributed by atoms with Crippen LogP contribution < -0.4 is 5.32 Å². The molecule has 130 valence electrons. The Bertz CT molecular complexity index is 765. The molecule has 2 aromatic heterocycles. The van der Waals surface area contributed by atoms with Crippen molar-refractivity contribution in [2.45, 2.75) is 52.1 Å². The van der Waals surface area contributed by atoms with Crippen molar-refractivity contribution in [3.8, 4) is 0 Å². The molecule has 1 aliphatic rings.